The molecular weight excluding hydrogens is 225 g/mol. The molecule has 0 spiro atoms. The quantitative estimate of drug-likeness (QED) is 0.811. The van der Waals surface area contributed by atoms with E-state index in [1.54, 1.807) is 12.1 Å². The fraction of sp³-hybridized carbons (Fsp3) is 0.625. The summed E-state index contributed by atoms with van der Waals surface area (Å²) >= 11 is 0. The number of hydrogen-bond acceptors (Lipinski definition) is 1. The van der Waals surface area contributed by atoms with Crippen molar-refractivity contribution in [2.45, 2.75) is 45.1 Å². The van der Waals surface area contributed by atoms with Gasteiger partial charge in [-0.3, -0.25) is 0 Å². The summed E-state index contributed by atoms with van der Waals surface area (Å²) in [6.07, 6.45) is 6.63. The van der Waals surface area contributed by atoms with E-state index in [-0.39, 0.29) is 5.82 Å². The van der Waals surface area contributed by atoms with Crippen molar-refractivity contribution in [1.29, 1.82) is 0 Å². The normalized spacial score (nSPS) is 22.8. The molecule has 1 aromatic carbocycles. The van der Waals surface area contributed by atoms with Crippen LogP contribution >= 0.6 is 0 Å². The highest BCUT2D eigenvalue weighted by molar-refractivity contribution is 5.17. The molecule has 1 unspecified atom stereocenters. The minimum atomic E-state index is -0.128. The molecule has 2 aliphatic carbocycles. The number of halogens is 1. The molecule has 0 amide bonds. The smallest absolute Gasteiger partial charge is 0.123 e. The van der Waals surface area contributed by atoms with Gasteiger partial charge in [-0.1, -0.05) is 12.1 Å². The molecule has 98 valence electrons. The van der Waals surface area contributed by atoms with Crippen LogP contribution in [0.2, 0.25) is 0 Å². The molecule has 2 saturated carbocycles. The van der Waals surface area contributed by atoms with Gasteiger partial charge in [0.2, 0.25) is 0 Å². The molecule has 18 heavy (non-hydrogen) atoms. The predicted molar refractivity (Wildman–Crippen MR) is 72.0 cm³/mol. The van der Waals surface area contributed by atoms with Gasteiger partial charge in [-0.15, -0.1) is 0 Å². The number of benzene rings is 1. The van der Waals surface area contributed by atoms with E-state index < -0.39 is 0 Å². The fourth-order valence-electron chi connectivity index (χ4n) is 3.05. The van der Waals surface area contributed by atoms with Crippen LogP contribution in [0, 0.1) is 17.2 Å². The van der Waals surface area contributed by atoms with E-state index in [4.69, 9.17) is 0 Å². The van der Waals surface area contributed by atoms with Crippen molar-refractivity contribution in [3.63, 3.8) is 0 Å². The third kappa shape index (κ3) is 2.74. The van der Waals surface area contributed by atoms with Gasteiger partial charge in [-0.25, -0.2) is 4.39 Å². The molecule has 0 aliphatic heterocycles. The molecule has 0 heterocycles. The second-order valence-electron chi connectivity index (χ2n) is 6.25. The fourth-order valence-corrected chi connectivity index (χ4v) is 3.05. The van der Waals surface area contributed by atoms with Gasteiger partial charge in [0.25, 0.3) is 0 Å². The van der Waals surface area contributed by atoms with Crippen LogP contribution in [-0.2, 0) is 6.42 Å². The predicted octanol–water partition coefficient (Wildman–Crippen LogP) is 3.54. The summed E-state index contributed by atoms with van der Waals surface area (Å²) in [5.41, 5.74) is 1.74. The molecule has 0 aromatic heterocycles. The Hall–Kier alpha value is -0.890. The van der Waals surface area contributed by atoms with Gasteiger partial charge < -0.3 is 5.32 Å². The van der Waals surface area contributed by atoms with Crippen LogP contribution in [-0.4, -0.2) is 12.6 Å². The second-order valence-corrected chi connectivity index (χ2v) is 6.25. The van der Waals surface area contributed by atoms with Crippen molar-refractivity contribution in [3.05, 3.63) is 35.6 Å². The van der Waals surface area contributed by atoms with Crippen LogP contribution in [0.25, 0.3) is 0 Å². The summed E-state index contributed by atoms with van der Waals surface area (Å²) in [4.78, 5) is 0. The standard InChI is InChI=1S/C16H22FN/c1-12(9-13-3-2-4-15(17)10-13)18-11-16(7-8-16)14-5-6-14/h2-4,10,12,14,18H,5-9,11H2,1H3. The summed E-state index contributed by atoms with van der Waals surface area (Å²) in [6, 6.07) is 7.39. The Morgan fingerprint density at radius 1 is 1.39 bits per heavy atom. The van der Waals surface area contributed by atoms with E-state index in [0.717, 1.165) is 24.4 Å². The molecule has 3 rings (SSSR count). The lowest BCUT2D eigenvalue weighted by atomic mass is 9.99. The highest BCUT2D eigenvalue weighted by Gasteiger charge is 2.53. The monoisotopic (exact) mass is 247 g/mol. The van der Waals surface area contributed by atoms with Gasteiger partial charge in [0, 0.05) is 12.6 Å². The topological polar surface area (TPSA) is 12.0 Å². The minimum Gasteiger partial charge on any atom is -0.313 e. The van der Waals surface area contributed by atoms with Gasteiger partial charge in [0.1, 0.15) is 5.82 Å². The molecule has 2 fully saturated rings. The lowest BCUT2D eigenvalue weighted by Crippen LogP contribution is -2.34. The lowest BCUT2D eigenvalue weighted by Gasteiger charge is -2.20. The molecule has 0 radical (unpaired) electrons. The van der Waals surface area contributed by atoms with Crippen molar-refractivity contribution >= 4 is 0 Å². The molecule has 2 heteroatoms. The van der Waals surface area contributed by atoms with Gasteiger partial charge in [0.15, 0.2) is 0 Å². The van der Waals surface area contributed by atoms with Gasteiger partial charge in [0.05, 0.1) is 0 Å². The van der Waals surface area contributed by atoms with Crippen LogP contribution < -0.4 is 5.32 Å². The maximum absolute atomic E-state index is 13.1. The molecule has 1 atom stereocenters. The Morgan fingerprint density at radius 3 is 2.78 bits per heavy atom. The first kappa shape index (κ1) is 12.2. The highest BCUT2D eigenvalue weighted by atomic mass is 19.1. The van der Waals surface area contributed by atoms with E-state index in [2.05, 4.69) is 12.2 Å². The van der Waals surface area contributed by atoms with Crippen LogP contribution in [0.1, 0.15) is 38.2 Å². The van der Waals surface area contributed by atoms with Crippen molar-refractivity contribution in [2.75, 3.05) is 6.54 Å². The van der Waals surface area contributed by atoms with Crippen molar-refractivity contribution in [3.8, 4) is 0 Å². The Kier molecular flexibility index (Phi) is 3.14. The summed E-state index contributed by atoms with van der Waals surface area (Å²) in [7, 11) is 0. The third-order valence-electron chi connectivity index (χ3n) is 4.57. The van der Waals surface area contributed by atoms with Crippen LogP contribution in [0.15, 0.2) is 24.3 Å². The molecule has 2 aliphatic rings. The largest absolute Gasteiger partial charge is 0.313 e. The van der Waals surface area contributed by atoms with Crippen molar-refractivity contribution in [2.24, 2.45) is 11.3 Å². The Morgan fingerprint density at radius 2 is 2.17 bits per heavy atom. The van der Waals surface area contributed by atoms with Gasteiger partial charge >= 0.3 is 0 Å². The average molecular weight is 247 g/mol. The van der Waals surface area contributed by atoms with Crippen LogP contribution in [0.3, 0.4) is 0 Å². The van der Waals surface area contributed by atoms with Crippen molar-refractivity contribution in [1.82, 2.24) is 5.32 Å². The molecule has 0 saturated heterocycles. The van der Waals surface area contributed by atoms with Gasteiger partial charge in [-0.05, 0) is 68.1 Å². The molecule has 0 bridgehead atoms. The van der Waals surface area contributed by atoms with E-state index in [9.17, 15) is 4.39 Å². The molecule has 1 N–H and O–H groups in total. The number of rotatable bonds is 6. The zero-order valence-corrected chi connectivity index (χ0v) is 11.1. The maximum atomic E-state index is 13.1. The Balaban J connectivity index is 1.48. The van der Waals surface area contributed by atoms with E-state index in [0.29, 0.717) is 11.5 Å². The van der Waals surface area contributed by atoms with Crippen LogP contribution in [0.4, 0.5) is 4.39 Å². The zero-order valence-electron chi connectivity index (χ0n) is 11.1. The highest BCUT2D eigenvalue weighted by Crippen LogP contribution is 2.60. The van der Waals surface area contributed by atoms with E-state index in [1.165, 1.54) is 31.7 Å². The second kappa shape index (κ2) is 4.65. The number of hydrogen-bond donors (Lipinski definition) is 1. The van der Waals surface area contributed by atoms with Gasteiger partial charge in [-0.2, -0.15) is 0 Å². The van der Waals surface area contributed by atoms with Crippen LogP contribution in [0.5, 0.6) is 0 Å². The first-order chi connectivity index (χ1) is 8.68. The summed E-state index contributed by atoms with van der Waals surface area (Å²) < 4.78 is 13.1. The Bertz CT molecular complexity index is 421. The maximum Gasteiger partial charge on any atom is 0.123 e. The molecule has 1 aromatic rings. The SMILES string of the molecule is CC(Cc1cccc(F)c1)NCC1(C2CC2)CC1. The average Bonchev–Trinajstić information content (AvgIpc) is 3.19. The Labute approximate surface area is 109 Å². The zero-order chi connectivity index (χ0) is 12.6. The first-order valence-electron chi connectivity index (χ1n) is 7.16. The summed E-state index contributed by atoms with van der Waals surface area (Å²) in [6.45, 7) is 3.36. The minimum absolute atomic E-state index is 0.128. The molecule has 1 nitrogen and oxygen atoms in total. The summed E-state index contributed by atoms with van der Waals surface area (Å²) in [5.74, 6) is 0.878. The van der Waals surface area contributed by atoms with E-state index in [1.807, 2.05) is 6.07 Å². The van der Waals surface area contributed by atoms with E-state index >= 15 is 0 Å². The summed E-state index contributed by atoms with van der Waals surface area (Å²) in [5, 5.41) is 3.65. The lowest BCUT2D eigenvalue weighted by molar-refractivity contribution is 0.378. The number of nitrogens with one attached hydrogen (secondary N) is 1. The first-order valence-corrected chi connectivity index (χ1v) is 7.16. The molecular formula is C16H22FN. The third-order valence-corrected chi connectivity index (χ3v) is 4.57. The van der Waals surface area contributed by atoms with Crippen molar-refractivity contribution < 1.29 is 4.39 Å².